The maximum Gasteiger partial charge on any atom is 0.262 e. The molecule has 0 aliphatic heterocycles. The Morgan fingerprint density at radius 1 is 1.15 bits per heavy atom. The number of amides is 1. The molecule has 3 N–H and O–H groups in total. The van der Waals surface area contributed by atoms with Gasteiger partial charge in [-0.3, -0.25) is 9.52 Å². The Hall–Kier alpha value is -2.58. The third-order valence-corrected chi connectivity index (χ3v) is 5.67. The van der Waals surface area contributed by atoms with Crippen LogP contribution in [0.4, 0.5) is 5.69 Å². The van der Waals surface area contributed by atoms with Gasteiger partial charge in [0.15, 0.2) is 0 Å². The molecule has 0 aliphatic rings. The van der Waals surface area contributed by atoms with Gasteiger partial charge in [-0.05, 0) is 62.9 Å². The highest BCUT2D eigenvalue weighted by molar-refractivity contribution is 7.92. The minimum absolute atomic E-state index is 0.0626. The van der Waals surface area contributed by atoms with E-state index in [0.717, 1.165) is 0 Å². The second-order valence-corrected chi connectivity index (χ2v) is 7.86. The summed E-state index contributed by atoms with van der Waals surface area (Å²) >= 11 is 0. The molecular formula is C19H25N3O4S. The second-order valence-electron chi connectivity index (χ2n) is 6.21. The Bertz CT molecular complexity index is 896. The van der Waals surface area contributed by atoms with Crippen LogP contribution < -0.4 is 20.1 Å². The van der Waals surface area contributed by atoms with Crippen LogP contribution in [0.2, 0.25) is 0 Å². The van der Waals surface area contributed by atoms with Crippen molar-refractivity contribution in [3.63, 3.8) is 0 Å². The molecule has 2 aromatic rings. The zero-order valence-corrected chi connectivity index (χ0v) is 16.7. The van der Waals surface area contributed by atoms with Crippen LogP contribution in [0.3, 0.4) is 0 Å². The lowest BCUT2D eigenvalue weighted by Gasteiger charge is -2.14. The molecule has 1 atom stereocenters. The van der Waals surface area contributed by atoms with E-state index in [1.54, 1.807) is 50.4 Å². The van der Waals surface area contributed by atoms with Crippen LogP contribution in [-0.4, -0.2) is 41.1 Å². The molecule has 2 rings (SSSR count). The van der Waals surface area contributed by atoms with Crippen LogP contribution in [-0.2, 0) is 10.0 Å². The topological polar surface area (TPSA) is 96.5 Å². The normalized spacial score (nSPS) is 12.3. The van der Waals surface area contributed by atoms with Crippen molar-refractivity contribution < 1.29 is 17.9 Å². The van der Waals surface area contributed by atoms with Crippen molar-refractivity contribution in [1.82, 2.24) is 10.6 Å². The van der Waals surface area contributed by atoms with Crippen molar-refractivity contribution in [1.29, 1.82) is 0 Å². The van der Waals surface area contributed by atoms with E-state index in [4.69, 9.17) is 4.74 Å². The van der Waals surface area contributed by atoms with Crippen molar-refractivity contribution in [2.45, 2.75) is 24.8 Å². The number of carbonyl (C=O) groups excluding carboxylic acids is 1. The summed E-state index contributed by atoms with van der Waals surface area (Å²) in [4.78, 5) is 12.4. The Labute approximate surface area is 160 Å². The van der Waals surface area contributed by atoms with Crippen LogP contribution >= 0.6 is 0 Å². The van der Waals surface area contributed by atoms with Gasteiger partial charge in [0.25, 0.3) is 15.9 Å². The van der Waals surface area contributed by atoms with E-state index >= 15 is 0 Å². The molecule has 0 radical (unpaired) electrons. The standard InChI is InChI=1S/C19H25N3O4S/c1-13-5-6-15(19(23)21-12-14(2)20-3)11-18(13)27(24,25)22-16-7-9-17(26-4)10-8-16/h5-11,14,20,22H,12H2,1-4H3,(H,21,23). The van der Waals surface area contributed by atoms with Crippen LogP contribution in [0.25, 0.3) is 0 Å². The Kier molecular flexibility index (Phi) is 6.81. The van der Waals surface area contributed by atoms with Gasteiger partial charge in [0.05, 0.1) is 12.0 Å². The number of methoxy groups -OCH3 is 1. The minimum atomic E-state index is -3.84. The monoisotopic (exact) mass is 391 g/mol. The molecule has 0 aliphatic carbocycles. The molecule has 27 heavy (non-hydrogen) atoms. The summed E-state index contributed by atoms with van der Waals surface area (Å²) in [6.07, 6.45) is 0. The maximum absolute atomic E-state index is 12.8. The van der Waals surface area contributed by atoms with E-state index in [9.17, 15) is 13.2 Å². The molecule has 0 saturated heterocycles. The fraction of sp³-hybridized carbons (Fsp3) is 0.316. The van der Waals surface area contributed by atoms with Crippen molar-refractivity contribution in [2.75, 3.05) is 25.4 Å². The molecule has 8 heteroatoms. The van der Waals surface area contributed by atoms with Crippen molar-refractivity contribution in [3.05, 3.63) is 53.6 Å². The van der Waals surface area contributed by atoms with E-state index in [0.29, 0.717) is 29.1 Å². The zero-order valence-electron chi connectivity index (χ0n) is 15.9. The van der Waals surface area contributed by atoms with Crippen LogP contribution in [0.15, 0.2) is 47.4 Å². The lowest BCUT2D eigenvalue weighted by molar-refractivity contribution is 0.0950. The van der Waals surface area contributed by atoms with Gasteiger partial charge in [-0.2, -0.15) is 0 Å². The first-order chi connectivity index (χ1) is 12.8. The fourth-order valence-corrected chi connectivity index (χ4v) is 3.68. The first-order valence-corrected chi connectivity index (χ1v) is 9.98. The Morgan fingerprint density at radius 2 is 1.81 bits per heavy atom. The quantitative estimate of drug-likeness (QED) is 0.641. The summed E-state index contributed by atoms with van der Waals surface area (Å²) in [5.41, 5.74) is 1.25. The Balaban J connectivity index is 2.23. The van der Waals surface area contributed by atoms with Crippen LogP contribution in [0.1, 0.15) is 22.8 Å². The SMILES string of the molecule is CNC(C)CNC(=O)c1ccc(C)c(S(=O)(=O)Nc2ccc(OC)cc2)c1. The summed E-state index contributed by atoms with van der Waals surface area (Å²) in [6.45, 7) is 4.06. The summed E-state index contributed by atoms with van der Waals surface area (Å²) in [5.74, 6) is 0.307. The van der Waals surface area contributed by atoms with Gasteiger partial charge in [-0.15, -0.1) is 0 Å². The van der Waals surface area contributed by atoms with E-state index in [2.05, 4.69) is 15.4 Å². The third kappa shape index (κ3) is 5.45. The van der Waals surface area contributed by atoms with Crippen LogP contribution in [0, 0.1) is 6.92 Å². The van der Waals surface area contributed by atoms with Gasteiger partial charge in [0.1, 0.15) is 5.75 Å². The number of ether oxygens (including phenoxy) is 1. The van der Waals surface area contributed by atoms with Gasteiger partial charge in [-0.1, -0.05) is 6.07 Å². The lowest BCUT2D eigenvalue weighted by Crippen LogP contribution is -2.37. The smallest absolute Gasteiger partial charge is 0.262 e. The highest BCUT2D eigenvalue weighted by Gasteiger charge is 2.19. The van der Waals surface area contributed by atoms with Gasteiger partial charge >= 0.3 is 0 Å². The number of benzene rings is 2. The van der Waals surface area contributed by atoms with Crippen molar-refractivity contribution in [3.8, 4) is 5.75 Å². The molecule has 0 spiro atoms. The zero-order chi connectivity index (χ0) is 20.0. The third-order valence-electron chi connectivity index (χ3n) is 4.14. The van der Waals surface area contributed by atoms with E-state index < -0.39 is 10.0 Å². The summed E-state index contributed by atoms with van der Waals surface area (Å²) in [6, 6.07) is 11.3. The van der Waals surface area contributed by atoms with Crippen molar-refractivity contribution >= 4 is 21.6 Å². The Morgan fingerprint density at radius 3 is 2.41 bits per heavy atom. The summed E-state index contributed by atoms with van der Waals surface area (Å²) < 4.78 is 33.2. The average molecular weight is 391 g/mol. The molecule has 0 bridgehead atoms. The number of sulfonamides is 1. The molecule has 0 heterocycles. The summed E-state index contributed by atoms with van der Waals surface area (Å²) in [5, 5.41) is 5.80. The molecule has 7 nitrogen and oxygen atoms in total. The average Bonchev–Trinajstić information content (AvgIpc) is 2.66. The molecule has 146 valence electrons. The van der Waals surface area contributed by atoms with Gasteiger partial charge in [0, 0.05) is 23.8 Å². The number of hydrogen-bond donors (Lipinski definition) is 3. The van der Waals surface area contributed by atoms with Crippen molar-refractivity contribution in [2.24, 2.45) is 0 Å². The molecule has 1 unspecified atom stereocenters. The predicted octanol–water partition coefficient (Wildman–Crippen LogP) is 2.14. The van der Waals surface area contributed by atoms with Gasteiger partial charge < -0.3 is 15.4 Å². The van der Waals surface area contributed by atoms with Gasteiger partial charge in [0.2, 0.25) is 0 Å². The van der Waals surface area contributed by atoms with E-state index in [1.807, 2.05) is 6.92 Å². The lowest BCUT2D eigenvalue weighted by atomic mass is 10.1. The van der Waals surface area contributed by atoms with E-state index in [1.165, 1.54) is 13.2 Å². The number of carbonyl (C=O) groups is 1. The first-order valence-electron chi connectivity index (χ1n) is 8.50. The number of hydrogen-bond acceptors (Lipinski definition) is 5. The molecule has 2 aromatic carbocycles. The number of anilines is 1. The van der Waals surface area contributed by atoms with E-state index in [-0.39, 0.29) is 16.8 Å². The highest BCUT2D eigenvalue weighted by atomic mass is 32.2. The van der Waals surface area contributed by atoms with Crippen LogP contribution in [0.5, 0.6) is 5.75 Å². The fourth-order valence-electron chi connectivity index (χ4n) is 2.35. The molecule has 0 fully saturated rings. The summed E-state index contributed by atoms with van der Waals surface area (Å²) in [7, 11) is -0.497. The number of rotatable bonds is 8. The molecule has 0 saturated carbocycles. The molecular weight excluding hydrogens is 366 g/mol. The molecule has 0 aromatic heterocycles. The number of nitrogens with one attached hydrogen (secondary N) is 3. The van der Waals surface area contributed by atoms with Gasteiger partial charge in [-0.25, -0.2) is 8.42 Å². The first kappa shape index (κ1) is 20.7. The molecule has 1 amide bonds. The predicted molar refractivity (Wildman–Crippen MR) is 106 cm³/mol. The maximum atomic E-state index is 12.8. The second kappa shape index (κ2) is 8.88. The minimum Gasteiger partial charge on any atom is -0.497 e. The largest absolute Gasteiger partial charge is 0.497 e. The number of likely N-dealkylation sites (N-methyl/N-ethyl adjacent to an activating group) is 1. The highest BCUT2D eigenvalue weighted by Crippen LogP contribution is 2.22. The number of aryl methyl sites for hydroxylation is 1.